The highest BCUT2D eigenvalue weighted by molar-refractivity contribution is 9.11. The molecule has 53 heavy (non-hydrogen) atoms. The van der Waals surface area contributed by atoms with E-state index in [0.717, 1.165) is 5.56 Å². The molecule has 10 nitrogen and oxygen atoms in total. The number of allylic oxidation sites excluding steroid dienone is 1. The molecule has 5 bridgehead atoms. The van der Waals surface area contributed by atoms with Crippen molar-refractivity contribution in [3.05, 3.63) is 94.5 Å². The third-order valence-corrected chi connectivity index (χ3v) is 11.6. The van der Waals surface area contributed by atoms with Gasteiger partial charge >= 0.3 is 5.97 Å². The van der Waals surface area contributed by atoms with Gasteiger partial charge in [0.25, 0.3) is 0 Å². The van der Waals surface area contributed by atoms with Gasteiger partial charge in [0.15, 0.2) is 0 Å². The predicted octanol–water partition coefficient (Wildman–Crippen LogP) is 5.65. The minimum absolute atomic E-state index is 0.155. The lowest BCUT2D eigenvalue weighted by atomic mass is 9.74. The summed E-state index contributed by atoms with van der Waals surface area (Å²) in [6.07, 6.45) is 5.44. The van der Waals surface area contributed by atoms with Crippen LogP contribution in [0.1, 0.15) is 78.0 Å². The van der Waals surface area contributed by atoms with Crippen LogP contribution in [-0.2, 0) is 35.1 Å². The minimum Gasteiger partial charge on any atom is -0.455 e. The number of hydrogen-bond acceptors (Lipinski definition) is 7. The van der Waals surface area contributed by atoms with Crippen LogP contribution >= 0.6 is 15.9 Å². The zero-order valence-electron chi connectivity index (χ0n) is 31.5. The van der Waals surface area contributed by atoms with E-state index in [9.17, 15) is 14.7 Å². The number of likely N-dealkylation sites (tertiary alicyclic amines) is 1. The van der Waals surface area contributed by atoms with Crippen molar-refractivity contribution >= 4 is 39.6 Å². The molecule has 0 unspecified atom stereocenters. The van der Waals surface area contributed by atoms with Crippen LogP contribution in [0, 0.1) is 17.3 Å². The number of esters is 1. The first kappa shape index (κ1) is 38.9. The van der Waals surface area contributed by atoms with E-state index in [0.29, 0.717) is 22.9 Å². The number of halogens is 1. The van der Waals surface area contributed by atoms with Crippen molar-refractivity contribution in [3.8, 4) is 0 Å². The van der Waals surface area contributed by atoms with E-state index in [2.05, 4.69) is 42.0 Å². The third-order valence-electron chi connectivity index (χ3n) is 11.0. The maximum absolute atomic E-state index is 15.5. The molecule has 3 amide bonds. The van der Waals surface area contributed by atoms with E-state index in [1.54, 1.807) is 17.9 Å². The number of rotatable bonds is 7. The van der Waals surface area contributed by atoms with Crippen molar-refractivity contribution in [1.82, 2.24) is 15.1 Å². The number of aliphatic hydroxyl groups excluding tert-OH is 1. The number of cyclic esters (lactones) is 1. The summed E-state index contributed by atoms with van der Waals surface area (Å²) >= 11 is 3.66. The second kappa shape index (κ2) is 15.1. The molecule has 4 aliphatic heterocycles. The molecule has 11 heteroatoms. The monoisotopic (exact) mass is 789 g/mol. The van der Waals surface area contributed by atoms with Crippen LogP contribution < -0.4 is 5.32 Å². The highest BCUT2D eigenvalue weighted by Gasteiger charge is 2.76. The number of fused-ring (bicyclic) bond motifs is 2. The van der Waals surface area contributed by atoms with Crippen LogP contribution in [0.15, 0.2) is 83.4 Å². The van der Waals surface area contributed by atoms with Gasteiger partial charge in [-0.1, -0.05) is 110 Å². The van der Waals surface area contributed by atoms with Gasteiger partial charge < -0.3 is 29.7 Å². The van der Waals surface area contributed by atoms with E-state index in [1.165, 1.54) is 4.90 Å². The van der Waals surface area contributed by atoms with Crippen LogP contribution in [0.25, 0.3) is 0 Å². The molecule has 2 fully saturated rings. The molecule has 4 heterocycles. The molecule has 0 radical (unpaired) electrons. The molecule has 8 atom stereocenters. The van der Waals surface area contributed by atoms with E-state index in [4.69, 9.17) is 9.47 Å². The lowest BCUT2D eigenvalue weighted by molar-refractivity contribution is -0.162. The topological polar surface area (TPSA) is 125 Å². The van der Waals surface area contributed by atoms with Gasteiger partial charge in [-0.15, -0.1) is 0 Å². The van der Waals surface area contributed by atoms with Gasteiger partial charge in [-0.05, 0) is 62.7 Å². The second-order valence-electron chi connectivity index (χ2n) is 16.7. The second-order valence-corrected chi connectivity index (χ2v) is 17.6. The SMILES string of the molecule is C[C@@H]1NC(=O)CC/C=C\CN(C(C)(C)CC(C)(C)C)C(=O)[C@H]2N([C@@H](CO)Cc3ccccc3)C(=O)[C@@H]3[C@@H](C(=O)O[C@H]1c1ccccc1)[C@@H]1O[C@@]32C=C1Br. The normalized spacial score (nSPS) is 30.8. The molecule has 0 aromatic heterocycles. The van der Waals surface area contributed by atoms with Crippen molar-refractivity contribution in [2.45, 2.75) is 109 Å². The van der Waals surface area contributed by atoms with Crippen molar-refractivity contribution < 1.29 is 33.8 Å². The van der Waals surface area contributed by atoms with E-state index >= 15 is 9.59 Å². The Morgan fingerprint density at radius 1 is 0.943 bits per heavy atom. The molecule has 0 aliphatic carbocycles. The molecular formula is C42H52BrN3O7. The highest BCUT2D eigenvalue weighted by Crippen LogP contribution is 2.59. The van der Waals surface area contributed by atoms with E-state index < -0.39 is 71.8 Å². The predicted molar refractivity (Wildman–Crippen MR) is 204 cm³/mol. The van der Waals surface area contributed by atoms with Gasteiger partial charge in [-0.3, -0.25) is 19.2 Å². The maximum Gasteiger partial charge on any atom is 0.313 e. The minimum atomic E-state index is -1.51. The Balaban J connectivity index is 1.51. The Bertz CT molecular complexity index is 1760. The van der Waals surface area contributed by atoms with Gasteiger partial charge in [0.2, 0.25) is 17.7 Å². The Hall–Kier alpha value is -3.80. The number of carbonyl (C=O) groups is 4. The van der Waals surface area contributed by atoms with Gasteiger partial charge in [-0.2, -0.15) is 0 Å². The summed E-state index contributed by atoms with van der Waals surface area (Å²) in [6, 6.07) is 16.2. The summed E-state index contributed by atoms with van der Waals surface area (Å²) < 4.78 is 13.7. The number of amides is 3. The summed E-state index contributed by atoms with van der Waals surface area (Å²) in [5, 5.41) is 14.0. The molecule has 2 aromatic rings. The number of carbonyl (C=O) groups excluding carboxylic acids is 4. The first-order chi connectivity index (χ1) is 25.1. The first-order valence-corrected chi connectivity index (χ1v) is 19.4. The lowest BCUT2D eigenvalue weighted by Crippen LogP contribution is -2.62. The van der Waals surface area contributed by atoms with Crippen LogP contribution in [0.2, 0.25) is 0 Å². The quantitative estimate of drug-likeness (QED) is 0.275. The van der Waals surface area contributed by atoms with Crippen LogP contribution in [0.4, 0.5) is 0 Å². The molecule has 284 valence electrons. The molecule has 2 aromatic carbocycles. The van der Waals surface area contributed by atoms with Crippen LogP contribution in [0.3, 0.4) is 0 Å². The zero-order chi connectivity index (χ0) is 38.3. The van der Waals surface area contributed by atoms with E-state index in [-0.39, 0.29) is 36.6 Å². The fourth-order valence-electron chi connectivity index (χ4n) is 9.13. The number of ether oxygens (including phenoxy) is 2. The Kier molecular flexibility index (Phi) is 11.1. The van der Waals surface area contributed by atoms with Gasteiger partial charge in [0.1, 0.15) is 29.8 Å². The standard InChI is InChI=1S/C42H52BrN3O7/c1-26-34(28-18-12-8-13-19-28)52-39(51)32-33-37(49)46(29(24-47)22-27-16-10-7-11-17-27)36(42(33)23-30(43)35(32)53-42)38(50)45(41(5,6)25-40(2,3)4)21-15-9-14-20-31(48)44-26/h7-13,15-19,23,26,29,32-36,47H,14,20-22,24-25H2,1-6H3,(H,44,48)/b15-9-/t26-,29+,32+,33-,34+,35+,36+,42-/m0/s1. The van der Waals surface area contributed by atoms with Gasteiger partial charge in [0.05, 0.1) is 24.6 Å². The number of benzene rings is 2. The van der Waals surface area contributed by atoms with Gasteiger partial charge in [-0.25, -0.2) is 0 Å². The molecule has 4 aliphatic rings. The van der Waals surface area contributed by atoms with Crippen LogP contribution in [0.5, 0.6) is 0 Å². The largest absolute Gasteiger partial charge is 0.455 e. The smallest absolute Gasteiger partial charge is 0.313 e. The zero-order valence-corrected chi connectivity index (χ0v) is 33.0. The van der Waals surface area contributed by atoms with Crippen LogP contribution in [-0.4, -0.2) is 87.1 Å². The number of aliphatic hydroxyl groups is 1. The highest BCUT2D eigenvalue weighted by atomic mass is 79.9. The summed E-state index contributed by atoms with van der Waals surface area (Å²) in [4.78, 5) is 61.7. The van der Waals surface area contributed by atoms with E-state index in [1.807, 2.05) is 86.7 Å². The molecule has 6 rings (SSSR count). The van der Waals surface area contributed by atoms with Crippen molar-refractivity contribution in [3.63, 3.8) is 0 Å². The molecule has 2 saturated heterocycles. The molecule has 1 spiro atoms. The Morgan fingerprint density at radius 3 is 2.25 bits per heavy atom. The Labute approximate surface area is 321 Å². The van der Waals surface area contributed by atoms with Crippen molar-refractivity contribution in [2.24, 2.45) is 17.3 Å². The summed E-state index contributed by atoms with van der Waals surface area (Å²) in [6.45, 7) is 12.0. The third kappa shape index (κ3) is 7.62. The fraction of sp³-hybridized carbons (Fsp3) is 0.524. The number of nitrogens with zero attached hydrogens (tertiary/aromatic N) is 2. The number of nitrogens with one attached hydrogen (secondary N) is 1. The first-order valence-electron chi connectivity index (χ1n) is 18.6. The van der Waals surface area contributed by atoms with Crippen molar-refractivity contribution in [1.29, 1.82) is 0 Å². The summed E-state index contributed by atoms with van der Waals surface area (Å²) in [7, 11) is 0. The number of hydrogen-bond donors (Lipinski definition) is 2. The average molecular weight is 791 g/mol. The lowest BCUT2D eigenvalue weighted by Gasteiger charge is -2.46. The molecular weight excluding hydrogens is 738 g/mol. The molecule has 0 saturated carbocycles. The maximum atomic E-state index is 15.5. The Morgan fingerprint density at radius 2 is 1.60 bits per heavy atom. The fourth-order valence-corrected chi connectivity index (χ4v) is 9.87. The molecule has 2 N–H and O–H groups in total. The average Bonchev–Trinajstić information content (AvgIpc) is 3.69. The van der Waals surface area contributed by atoms with Crippen molar-refractivity contribution in [2.75, 3.05) is 13.2 Å². The van der Waals surface area contributed by atoms with Gasteiger partial charge in [0, 0.05) is 23.0 Å². The summed E-state index contributed by atoms with van der Waals surface area (Å²) in [5.74, 6) is -3.84. The summed E-state index contributed by atoms with van der Waals surface area (Å²) in [5.41, 5.74) is -0.778.